The normalized spacial score (nSPS) is 12.4. The van der Waals surface area contributed by atoms with Crippen LogP contribution in [-0.2, 0) is 0 Å². The van der Waals surface area contributed by atoms with Crippen LogP contribution in [0, 0.1) is 12.3 Å². The van der Waals surface area contributed by atoms with Crippen LogP contribution in [0.5, 0.6) is 0 Å². The van der Waals surface area contributed by atoms with E-state index in [0.717, 1.165) is 28.8 Å². The number of aryl methyl sites for hydroxylation is 1. The van der Waals surface area contributed by atoms with Crippen LogP contribution in [0.3, 0.4) is 0 Å². The fourth-order valence-electron chi connectivity index (χ4n) is 2.50. The van der Waals surface area contributed by atoms with E-state index in [0.29, 0.717) is 11.0 Å². The maximum atomic E-state index is 13.3. The van der Waals surface area contributed by atoms with Crippen LogP contribution in [0.1, 0.15) is 63.8 Å². The van der Waals surface area contributed by atoms with Gasteiger partial charge in [-0.05, 0) is 60.6 Å². The number of halogens is 1. The lowest BCUT2D eigenvalue weighted by atomic mass is 9.86. The highest BCUT2D eigenvalue weighted by Gasteiger charge is 2.11. The molecule has 0 spiro atoms. The molecule has 2 unspecified atom stereocenters. The number of alkyl halides is 1. The smallest absolute Gasteiger partial charge is 0.138 e. The van der Waals surface area contributed by atoms with Crippen molar-refractivity contribution in [3.05, 3.63) is 71.6 Å². The Bertz CT molecular complexity index is 785. The summed E-state index contributed by atoms with van der Waals surface area (Å²) in [5, 5.41) is 0. The SMILES string of the molecule is C/C=C\c1ncc(-c2cccc(C(F)P)c2)cc1C.C=C(CC)C(C)(C)C. The lowest BCUT2D eigenvalue weighted by Gasteiger charge is -2.19. The highest BCUT2D eigenvalue weighted by molar-refractivity contribution is 7.16. The predicted octanol–water partition coefficient (Wildman–Crippen LogP) is 7.93. The van der Waals surface area contributed by atoms with E-state index in [1.165, 1.54) is 5.57 Å². The van der Waals surface area contributed by atoms with E-state index in [2.05, 4.69) is 54.6 Å². The van der Waals surface area contributed by atoms with Gasteiger partial charge in [-0.3, -0.25) is 4.98 Å². The molecule has 1 aromatic heterocycles. The Morgan fingerprint density at radius 1 is 1.26 bits per heavy atom. The summed E-state index contributed by atoms with van der Waals surface area (Å²) in [4.78, 5) is 4.43. The van der Waals surface area contributed by atoms with Crippen molar-refractivity contribution < 1.29 is 4.39 Å². The molecule has 27 heavy (non-hydrogen) atoms. The van der Waals surface area contributed by atoms with Crippen LogP contribution in [0.15, 0.2) is 54.8 Å². The van der Waals surface area contributed by atoms with Gasteiger partial charge in [0, 0.05) is 11.8 Å². The molecule has 0 bridgehead atoms. The molecule has 3 heteroatoms. The summed E-state index contributed by atoms with van der Waals surface area (Å²) in [6.45, 7) is 16.7. The van der Waals surface area contributed by atoms with E-state index < -0.39 is 5.91 Å². The molecule has 0 aliphatic rings. The molecule has 0 amide bonds. The van der Waals surface area contributed by atoms with Gasteiger partial charge in [0.25, 0.3) is 0 Å². The zero-order valence-corrected chi connectivity index (χ0v) is 18.7. The number of nitrogens with zero attached hydrogens (tertiary/aromatic N) is 1. The zero-order valence-electron chi connectivity index (χ0n) is 17.5. The van der Waals surface area contributed by atoms with Gasteiger partial charge >= 0.3 is 0 Å². The summed E-state index contributed by atoms with van der Waals surface area (Å²) in [6.07, 6.45) is 6.88. The molecule has 0 saturated heterocycles. The molecule has 146 valence electrons. The second-order valence-corrected chi connectivity index (χ2v) is 8.25. The molecule has 1 nitrogen and oxygen atoms in total. The first-order valence-electron chi connectivity index (χ1n) is 9.37. The summed E-state index contributed by atoms with van der Waals surface area (Å²) in [5.41, 5.74) is 6.40. The molecule has 2 atom stereocenters. The summed E-state index contributed by atoms with van der Waals surface area (Å²) in [5.74, 6) is -1.03. The standard InChI is InChI=1S/C16H17FNP.C8H16/c1-3-5-15-11(2)8-14(10-18-15)12-6-4-7-13(9-12)16(17)19;1-6-7(2)8(3,4)5/h3-10,16H,19H2,1-2H3;2,6H2,1,3-5H3/b5-3-;. The van der Waals surface area contributed by atoms with Crippen LogP contribution in [0.25, 0.3) is 17.2 Å². The molecular weight excluding hydrogens is 352 g/mol. The molecule has 0 aliphatic heterocycles. The summed E-state index contributed by atoms with van der Waals surface area (Å²) >= 11 is 0. The molecule has 1 heterocycles. The number of allylic oxidation sites excluding steroid dienone is 2. The number of hydrogen-bond acceptors (Lipinski definition) is 1. The predicted molar refractivity (Wildman–Crippen MR) is 122 cm³/mol. The molecule has 0 N–H and O–H groups in total. The molecule has 0 fully saturated rings. The van der Waals surface area contributed by atoms with Crippen molar-refractivity contribution in [2.45, 2.75) is 53.9 Å². The Balaban J connectivity index is 0.000000387. The van der Waals surface area contributed by atoms with E-state index in [1.807, 2.05) is 50.4 Å². The van der Waals surface area contributed by atoms with Gasteiger partial charge < -0.3 is 0 Å². The van der Waals surface area contributed by atoms with Crippen molar-refractivity contribution >= 4 is 15.3 Å². The number of aromatic nitrogens is 1. The fourth-order valence-corrected chi connectivity index (χ4v) is 2.70. The minimum Gasteiger partial charge on any atom is -0.256 e. The average Bonchev–Trinajstić information content (AvgIpc) is 2.62. The van der Waals surface area contributed by atoms with Gasteiger partial charge in [-0.2, -0.15) is 0 Å². The maximum Gasteiger partial charge on any atom is 0.138 e. The van der Waals surface area contributed by atoms with E-state index in [9.17, 15) is 4.39 Å². The highest BCUT2D eigenvalue weighted by atomic mass is 31.0. The largest absolute Gasteiger partial charge is 0.256 e. The Hall–Kier alpha value is -1.79. The third-order valence-electron chi connectivity index (χ3n) is 4.47. The van der Waals surface area contributed by atoms with Crippen molar-refractivity contribution in [3.8, 4) is 11.1 Å². The Kier molecular flexibility index (Phi) is 9.06. The Labute approximate surface area is 167 Å². The van der Waals surface area contributed by atoms with Crippen LogP contribution >= 0.6 is 9.24 Å². The topological polar surface area (TPSA) is 12.9 Å². The van der Waals surface area contributed by atoms with Crippen LogP contribution < -0.4 is 0 Å². The Morgan fingerprint density at radius 3 is 2.37 bits per heavy atom. The van der Waals surface area contributed by atoms with Gasteiger partial charge in [0.1, 0.15) is 5.91 Å². The van der Waals surface area contributed by atoms with E-state index in [1.54, 1.807) is 6.07 Å². The van der Waals surface area contributed by atoms with Gasteiger partial charge in [-0.25, -0.2) is 4.39 Å². The van der Waals surface area contributed by atoms with Crippen LogP contribution in [-0.4, -0.2) is 4.98 Å². The lowest BCUT2D eigenvalue weighted by molar-refractivity contribution is 0.469. The van der Waals surface area contributed by atoms with Crippen molar-refractivity contribution in [3.63, 3.8) is 0 Å². The maximum absolute atomic E-state index is 13.3. The first kappa shape index (κ1) is 23.2. The fraction of sp³-hybridized carbons (Fsp3) is 0.375. The number of pyridine rings is 1. The first-order chi connectivity index (χ1) is 12.6. The molecule has 0 radical (unpaired) electrons. The second kappa shape index (κ2) is 10.5. The van der Waals surface area contributed by atoms with Gasteiger partial charge in [0.2, 0.25) is 0 Å². The number of rotatable bonds is 4. The summed E-state index contributed by atoms with van der Waals surface area (Å²) in [6, 6.07) is 9.58. The summed E-state index contributed by atoms with van der Waals surface area (Å²) < 4.78 is 13.3. The van der Waals surface area contributed by atoms with Gasteiger partial charge in [-0.15, -0.1) is 0 Å². The van der Waals surface area contributed by atoms with Crippen LogP contribution in [0.4, 0.5) is 4.39 Å². The third-order valence-corrected chi connectivity index (χ3v) is 4.85. The molecule has 0 aliphatic carbocycles. The van der Waals surface area contributed by atoms with E-state index >= 15 is 0 Å². The molecule has 0 saturated carbocycles. The lowest BCUT2D eigenvalue weighted by Crippen LogP contribution is -2.06. The monoisotopic (exact) mass is 385 g/mol. The molecule has 2 aromatic rings. The van der Waals surface area contributed by atoms with Crippen molar-refractivity contribution in [1.82, 2.24) is 4.98 Å². The van der Waals surface area contributed by atoms with Crippen molar-refractivity contribution in [1.29, 1.82) is 0 Å². The van der Waals surface area contributed by atoms with Gasteiger partial charge in [-0.1, -0.05) is 73.4 Å². The Morgan fingerprint density at radius 2 is 1.93 bits per heavy atom. The average molecular weight is 386 g/mol. The zero-order chi connectivity index (χ0) is 20.6. The van der Waals surface area contributed by atoms with Gasteiger partial charge in [0.15, 0.2) is 0 Å². The van der Waals surface area contributed by atoms with Gasteiger partial charge in [0.05, 0.1) is 5.69 Å². The highest BCUT2D eigenvalue weighted by Crippen LogP contribution is 2.29. The third kappa shape index (κ3) is 7.39. The second-order valence-electron chi connectivity index (χ2n) is 7.66. The number of hydrogen-bond donors (Lipinski definition) is 0. The van der Waals surface area contributed by atoms with E-state index in [4.69, 9.17) is 0 Å². The van der Waals surface area contributed by atoms with Crippen LogP contribution in [0.2, 0.25) is 0 Å². The minimum absolute atomic E-state index is 0.314. The minimum atomic E-state index is -1.03. The first-order valence-corrected chi connectivity index (χ1v) is 10.0. The van der Waals surface area contributed by atoms with E-state index in [-0.39, 0.29) is 0 Å². The van der Waals surface area contributed by atoms with Crippen molar-refractivity contribution in [2.24, 2.45) is 5.41 Å². The molecule has 2 rings (SSSR count). The van der Waals surface area contributed by atoms with Crippen molar-refractivity contribution in [2.75, 3.05) is 0 Å². The molecule has 1 aromatic carbocycles. The number of benzene rings is 1. The summed E-state index contributed by atoms with van der Waals surface area (Å²) in [7, 11) is 2.17. The quantitative estimate of drug-likeness (QED) is 0.384. The molecular formula is C24H33FNP.